The van der Waals surface area contributed by atoms with Gasteiger partial charge in [-0.3, -0.25) is 4.79 Å². The number of benzene rings is 2. The molecular formula is C18H13ClO. The van der Waals surface area contributed by atoms with E-state index >= 15 is 0 Å². The van der Waals surface area contributed by atoms with Gasteiger partial charge in [0.25, 0.3) is 0 Å². The van der Waals surface area contributed by atoms with E-state index in [9.17, 15) is 4.79 Å². The zero-order valence-corrected chi connectivity index (χ0v) is 11.8. The summed E-state index contributed by atoms with van der Waals surface area (Å²) in [5.74, 6) is 5.12. The molecule has 0 heterocycles. The maximum Gasteiger partial charge on any atom is 0.236 e. The Labute approximate surface area is 123 Å². The van der Waals surface area contributed by atoms with Crippen LogP contribution in [0.3, 0.4) is 0 Å². The van der Waals surface area contributed by atoms with Crippen LogP contribution in [0.1, 0.15) is 21.5 Å². The molecule has 0 unspecified atom stereocenters. The fraction of sp³-hybridized carbons (Fsp3) is 0.0556. The fourth-order valence-electron chi connectivity index (χ4n) is 1.60. The minimum atomic E-state index is -0.213. The topological polar surface area (TPSA) is 17.1 Å². The van der Waals surface area contributed by atoms with Crippen molar-refractivity contribution in [2.75, 3.05) is 0 Å². The second-order valence-corrected chi connectivity index (χ2v) is 4.79. The summed E-state index contributed by atoms with van der Waals surface area (Å²) in [6, 6.07) is 14.8. The molecule has 0 radical (unpaired) electrons. The molecule has 0 aromatic heterocycles. The first-order chi connectivity index (χ1) is 9.65. The SMILES string of the molecule is Cc1ccc(/C=C/C#CC(=O)c2ccc(Cl)cc2)cc1. The molecule has 1 nitrogen and oxygen atoms in total. The van der Waals surface area contributed by atoms with Gasteiger partial charge in [-0.2, -0.15) is 0 Å². The largest absolute Gasteiger partial charge is 0.279 e. The Morgan fingerprint density at radius 2 is 1.70 bits per heavy atom. The Balaban J connectivity index is 2.02. The number of Topliss-reactive ketones (excluding diaryl/α,β-unsaturated/α-hetero) is 1. The van der Waals surface area contributed by atoms with E-state index in [4.69, 9.17) is 11.6 Å². The van der Waals surface area contributed by atoms with Crippen LogP contribution in [-0.4, -0.2) is 5.78 Å². The number of carbonyl (C=O) groups is 1. The average molecular weight is 281 g/mol. The van der Waals surface area contributed by atoms with Crippen LogP contribution in [0.25, 0.3) is 6.08 Å². The first kappa shape index (κ1) is 14.1. The summed E-state index contributed by atoms with van der Waals surface area (Å²) in [6.45, 7) is 2.04. The average Bonchev–Trinajstić information content (AvgIpc) is 2.46. The van der Waals surface area contributed by atoms with E-state index in [1.807, 2.05) is 37.3 Å². The van der Waals surface area contributed by atoms with Crippen molar-refractivity contribution in [3.05, 3.63) is 76.3 Å². The molecule has 0 atom stereocenters. The Bertz CT molecular complexity index is 683. The second-order valence-electron chi connectivity index (χ2n) is 4.35. The third-order valence-electron chi connectivity index (χ3n) is 2.73. The van der Waals surface area contributed by atoms with Gasteiger partial charge in [-0.1, -0.05) is 47.4 Å². The standard InChI is InChI=1S/C18H13ClO/c1-14-6-8-15(9-7-14)4-2-3-5-18(20)16-10-12-17(19)13-11-16/h2,4,6-13H,1H3/b4-2+. The van der Waals surface area contributed by atoms with Crippen molar-refractivity contribution in [3.63, 3.8) is 0 Å². The molecule has 98 valence electrons. The van der Waals surface area contributed by atoms with Crippen molar-refractivity contribution in [2.24, 2.45) is 0 Å². The number of hydrogen-bond acceptors (Lipinski definition) is 1. The van der Waals surface area contributed by atoms with Crippen LogP contribution in [0.2, 0.25) is 5.02 Å². The number of hydrogen-bond donors (Lipinski definition) is 0. The first-order valence-corrected chi connectivity index (χ1v) is 6.57. The van der Waals surface area contributed by atoms with E-state index in [-0.39, 0.29) is 5.78 Å². The van der Waals surface area contributed by atoms with E-state index in [2.05, 4.69) is 11.8 Å². The molecule has 0 spiro atoms. The number of rotatable bonds is 2. The van der Waals surface area contributed by atoms with Crippen molar-refractivity contribution in [1.29, 1.82) is 0 Å². The van der Waals surface area contributed by atoms with Gasteiger partial charge in [-0.05, 0) is 54.8 Å². The molecule has 0 bridgehead atoms. The maximum atomic E-state index is 11.8. The normalized spacial score (nSPS) is 10.1. The summed E-state index contributed by atoms with van der Waals surface area (Å²) in [6.07, 6.45) is 3.56. The third kappa shape index (κ3) is 4.12. The van der Waals surface area contributed by atoms with Crippen molar-refractivity contribution in [1.82, 2.24) is 0 Å². The number of carbonyl (C=O) groups excluding carboxylic acids is 1. The Morgan fingerprint density at radius 1 is 1.05 bits per heavy atom. The van der Waals surface area contributed by atoms with E-state index in [1.165, 1.54) is 5.56 Å². The minimum absolute atomic E-state index is 0.213. The summed E-state index contributed by atoms with van der Waals surface area (Å²) in [5.41, 5.74) is 2.82. The van der Waals surface area contributed by atoms with Crippen molar-refractivity contribution >= 4 is 23.5 Å². The molecule has 0 saturated heterocycles. The van der Waals surface area contributed by atoms with Crippen LogP contribution in [0.15, 0.2) is 54.6 Å². The van der Waals surface area contributed by atoms with E-state index in [0.717, 1.165) is 5.56 Å². The van der Waals surface area contributed by atoms with Gasteiger partial charge in [0.05, 0.1) is 0 Å². The molecule has 2 heteroatoms. The van der Waals surface area contributed by atoms with Crippen LogP contribution in [0.5, 0.6) is 0 Å². The summed E-state index contributed by atoms with van der Waals surface area (Å²) >= 11 is 5.76. The predicted octanol–water partition coefficient (Wildman–Crippen LogP) is 4.55. The number of ketones is 1. The number of allylic oxidation sites excluding steroid dienone is 1. The van der Waals surface area contributed by atoms with Gasteiger partial charge in [-0.15, -0.1) is 0 Å². The minimum Gasteiger partial charge on any atom is -0.279 e. The van der Waals surface area contributed by atoms with Crippen LogP contribution in [0, 0.1) is 18.8 Å². The highest BCUT2D eigenvalue weighted by molar-refractivity contribution is 6.30. The van der Waals surface area contributed by atoms with Crippen LogP contribution in [0.4, 0.5) is 0 Å². The molecule has 2 rings (SSSR count). The van der Waals surface area contributed by atoms with Gasteiger partial charge in [0.15, 0.2) is 0 Å². The summed E-state index contributed by atoms with van der Waals surface area (Å²) in [5, 5.41) is 0.605. The molecule has 0 fully saturated rings. The molecule has 0 saturated carbocycles. The Hall–Kier alpha value is -2.30. The summed E-state index contributed by atoms with van der Waals surface area (Å²) in [7, 11) is 0. The van der Waals surface area contributed by atoms with Gasteiger partial charge < -0.3 is 0 Å². The summed E-state index contributed by atoms with van der Waals surface area (Å²) in [4.78, 5) is 11.8. The zero-order chi connectivity index (χ0) is 14.4. The molecule has 2 aromatic rings. The van der Waals surface area contributed by atoms with Gasteiger partial charge in [0, 0.05) is 10.6 Å². The van der Waals surface area contributed by atoms with Crippen LogP contribution < -0.4 is 0 Å². The monoisotopic (exact) mass is 280 g/mol. The lowest BCUT2D eigenvalue weighted by molar-refractivity contribution is 0.105. The third-order valence-corrected chi connectivity index (χ3v) is 2.98. The molecule has 0 aliphatic heterocycles. The lowest BCUT2D eigenvalue weighted by Gasteiger charge is -1.93. The van der Waals surface area contributed by atoms with Gasteiger partial charge in [0.2, 0.25) is 5.78 Å². The summed E-state index contributed by atoms with van der Waals surface area (Å²) < 4.78 is 0. The quantitative estimate of drug-likeness (QED) is 0.448. The smallest absolute Gasteiger partial charge is 0.236 e. The van der Waals surface area contributed by atoms with Crippen LogP contribution in [-0.2, 0) is 0 Å². The molecule has 0 amide bonds. The van der Waals surface area contributed by atoms with E-state index in [1.54, 1.807) is 30.3 Å². The maximum absolute atomic E-state index is 11.8. The first-order valence-electron chi connectivity index (χ1n) is 6.20. The molecule has 0 aliphatic rings. The fourth-order valence-corrected chi connectivity index (χ4v) is 1.72. The van der Waals surface area contributed by atoms with Gasteiger partial charge >= 0.3 is 0 Å². The van der Waals surface area contributed by atoms with Gasteiger partial charge in [0.1, 0.15) is 0 Å². The highest BCUT2D eigenvalue weighted by Crippen LogP contribution is 2.09. The number of halogens is 1. The van der Waals surface area contributed by atoms with Gasteiger partial charge in [-0.25, -0.2) is 0 Å². The zero-order valence-electron chi connectivity index (χ0n) is 11.1. The van der Waals surface area contributed by atoms with E-state index < -0.39 is 0 Å². The molecular weight excluding hydrogens is 268 g/mol. The van der Waals surface area contributed by atoms with Crippen molar-refractivity contribution in [2.45, 2.75) is 6.92 Å². The second kappa shape index (κ2) is 6.75. The van der Waals surface area contributed by atoms with Crippen molar-refractivity contribution in [3.8, 4) is 11.8 Å². The molecule has 2 aromatic carbocycles. The van der Waals surface area contributed by atoms with Crippen molar-refractivity contribution < 1.29 is 4.79 Å². The molecule has 20 heavy (non-hydrogen) atoms. The highest BCUT2D eigenvalue weighted by Gasteiger charge is 2.00. The Kier molecular flexibility index (Phi) is 4.76. The molecule has 0 N–H and O–H groups in total. The number of aryl methyl sites for hydroxylation is 1. The highest BCUT2D eigenvalue weighted by atomic mass is 35.5. The predicted molar refractivity (Wildman–Crippen MR) is 83.8 cm³/mol. The van der Waals surface area contributed by atoms with E-state index in [0.29, 0.717) is 10.6 Å². The Morgan fingerprint density at radius 3 is 2.35 bits per heavy atom. The van der Waals surface area contributed by atoms with Crippen LogP contribution >= 0.6 is 11.6 Å². The lowest BCUT2D eigenvalue weighted by atomic mass is 10.1. The molecule has 0 aliphatic carbocycles. The lowest BCUT2D eigenvalue weighted by Crippen LogP contribution is -1.93.